The lowest BCUT2D eigenvalue weighted by Crippen LogP contribution is -2.04. The summed E-state index contributed by atoms with van der Waals surface area (Å²) in [5.41, 5.74) is 10.6. The standard InChI is InChI=1S/C19H11F2N5S/c20-12-3-1-2-10(6-12)15-17(26-5-4-23-19(26)18(22)25-15)11-7-13(21)16-14(8-11)27-9-24-16/h1-9H,(H2,22,25). The van der Waals surface area contributed by atoms with Crippen molar-refractivity contribution in [3.05, 3.63) is 65.9 Å². The highest BCUT2D eigenvalue weighted by Gasteiger charge is 2.19. The van der Waals surface area contributed by atoms with E-state index in [4.69, 9.17) is 5.73 Å². The van der Waals surface area contributed by atoms with Crippen molar-refractivity contribution in [3.8, 4) is 22.5 Å². The van der Waals surface area contributed by atoms with Crippen molar-refractivity contribution in [1.82, 2.24) is 19.4 Å². The van der Waals surface area contributed by atoms with Crippen molar-refractivity contribution in [2.45, 2.75) is 0 Å². The molecule has 0 spiro atoms. The van der Waals surface area contributed by atoms with Gasteiger partial charge < -0.3 is 5.73 Å². The number of nitrogens with zero attached hydrogens (tertiary/aromatic N) is 4. The summed E-state index contributed by atoms with van der Waals surface area (Å²) in [7, 11) is 0. The normalized spacial score (nSPS) is 11.5. The van der Waals surface area contributed by atoms with Gasteiger partial charge >= 0.3 is 0 Å². The summed E-state index contributed by atoms with van der Waals surface area (Å²) in [6.45, 7) is 0. The maximum absolute atomic E-state index is 14.6. The summed E-state index contributed by atoms with van der Waals surface area (Å²) in [6, 6.07) is 9.29. The van der Waals surface area contributed by atoms with Crippen LogP contribution in [0.25, 0.3) is 38.4 Å². The Morgan fingerprint density at radius 2 is 1.93 bits per heavy atom. The quantitative estimate of drug-likeness (QED) is 0.489. The Balaban J connectivity index is 1.90. The van der Waals surface area contributed by atoms with Crippen LogP contribution in [0.1, 0.15) is 0 Å². The minimum atomic E-state index is -0.431. The summed E-state index contributed by atoms with van der Waals surface area (Å²) in [6.07, 6.45) is 3.31. The van der Waals surface area contributed by atoms with E-state index in [2.05, 4.69) is 15.0 Å². The summed E-state index contributed by atoms with van der Waals surface area (Å²) < 4.78 is 30.9. The fourth-order valence-electron chi connectivity index (χ4n) is 3.19. The van der Waals surface area contributed by atoms with Crippen LogP contribution in [0.4, 0.5) is 14.6 Å². The Hall–Kier alpha value is -3.39. The molecule has 0 amide bonds. The van der Waals surface area contributed by atoms with Crippen molar-refractivity contribution in [2.75, 3.05) is 5.73 Å². The van der Waals surface area contributed by atoms with E-state index in [0.29, 0.717) is 38.4 Å². The van der Waals surface area contributed by atoms with Crippen LogP contribution in [0, 0.1) is 11.6 Å². The van der Waals surface area contributed by atoms with Gasteiger partial charge in [-0.25, -0.2) is 23.7 Å². The van der Waals surface area contributed by atoms with Crippen molar-refractivity contribution in [3.63, 3.8) is 0 Å². The molecule has 0 aliphatic heterocycles. The molecule has 0 atom stereocenters. The molecule has 5 rings (SSSR count). The van der Waals surface area contributed by atoms with Crippen LogP contribution < -0.4 is 5.73 Å². The van der Waals surface area contributed by atoms with Gasteiger partial charge in [0.2, 0.25) is 0 Å². The van der Waals surface area contributed by atoms with E-state index >= 15 is 0 Å². The lowest BCUT2D eigenvalue weighted by atomic mass is 10.0. The lowest BCUT2D eigenvalue weighted by Gasteiger charge is -2.14. The second kappa shape index (κ2) is 5.82. The number of benzene rings is 2. The van der Waals surface area contributed by atoms with Gasteiger partial charge in [-0.2, -0.15) is 0 Å². The van der Waals surface area contributed by atoms with Crippen LogP contribution in [0.3, 0.4) is 0 Å². The zero-order valence-corrected chi connectivity index (χ0v) is 14.5. The second-order valence-electron chi connectivity index (χ2n) is 5.98. The molecular weight excluding hydrogens is 368 g/mol. The van der Waals surface area contributed by atoms with E-state index in [1.165, 1.54) is 29.5 Å². The zero-order valence-electron chi connectivity index (χ0n) is 13.7. The first-order valence-electron chi connectivity index (χ1n) is 8.03. The van der Waals surface area contributed by atoms with Gasteiger partial charge in [-0.3, -0.25) is 4.40 Å². The SMILES string of the molecule is Nc1nc(-c2cccc(F)c2)c(-c2cc(F)c3ncsc3c2)n2ccnc12. The predicted octanol–water partition coefficient (Wildman–Crippen LogP) is 4.53. The topological polar surface area (TPSA) is 69.1 Å². The first-order chi connectivity index (χ1) is 13.1. The number of nitrogen functional groups attached to an aromatic ring is 1. The Kier molecular flexibility index (Phi) is 3.41. The van der Waals surface area contributed by atoms with Crippen LogP contribution in [0.5, 0.6) is 0 Å². The van der Waals surface area contributed by atoms with E-state index in [1.54, 1.807) is 34.4 Å². The number of aromatic nitrogens is 4. The molecule has 5 aromatic rings. The van der Waals surface area contributed by atoms with Crippen molar-refractivity contribution < 1.29 is 8.78 Å². The number of nitrogens with two attached hydrogens (primary N) is 1. The first-order valence-corrected chi connectivity index (χ1v) is 8.91. The van der Waals surface area contributed by atoms with E-state index in [0.717, 1.165) is 0 Å². The Bertz CT molecular complexity index is 1320. The van der Waals surface area contributed by atoms with Crippen LogP contribution in [0.15, 0.2) is 54.3 Å². The van der Waals surface area contributed by atoms with Gasteiger partial charge in [0, 0.05) is 23.5 Å². The van der Waals surface area contributed by atoms with E-state index in [1.807, 2.05) is 6.07 Å². The van der Waals surface area contributed by atoms with E-state index in [-0.39, 0.29) is 5.82 Å². The predicted molar refractivity (Wildman–Crippen MR) is 101 cm³/mol. The summed E-state index contributed by atoms with van der Waals surface area (Å²) in [5, 5.41) is 0. The average Bonchev–Trinajstić information content (AvgIpc) is 3.31. The third-order valence-corrected chi connectivity index (χ3v) is 5.10. The third kappa shape index (κ3) is 2.45. The monoisotopic (exact) mass is 379 g/mol. The van der Waals surface area contributed by atoms with Crippen LogP contribution in [-0.4, -0.2) is 19.4 Å². The Labute approximate surface area is 155 Å². The van der Waals surface area contributed by atoms with Gasteiger partial charge in [-0.05, 0) is 24.3 Å². The number of halogens is 2. The molecule has 0 radical (unpaired) electrons. The average molecular weight is 379 g/mol. The zero-order chi connectivity index (χ0) is 18.5. The molecular formula is C19H11F2N5S. The minimum Gasteiger partial charge on any atom is -0.381 e. The van der Waals surface area contributed by atoms with Gasteiger partial charge in [0.05, 0.1) is 21.6 Å². The van der Waals surface area contributed by atoms with E-state index < -0.39 is 11.6 Å². The molecule has 3 heterocycles. The van der Waals surface area contributed by atoms with Gasteiger partial charge in [0.15, 0.2) is 17.3 Å². The summed E-state index contributed by atoms with van der Waals surface area (Å²) in [5.74, 6) is -0.616. The van der Waals surface area contributed by atoms with Gasteiger partial charge in [0.25, 0.3) is 0 Å². The maximum atomic E-state index is 14.6. The summed E-state index contributed by atoms with van der Waals surface area (Å²) >= 11 is 1.34. The second-order valence-corrected chi connectivity index (χ2v) is 6.87. The maximum Gasteiger partial charge on any atom is 0.180 e. The third-order valence-electron chi connectivity index (χ3n) is 4.33. The molecule has 0 fully saturated rings. The smallest absolute Gasteiger partial charge is 0.180 e. The largest absolute Gasteiger partial charge is 0.381 e. The van der Waals surface area contributed by atoms with E-state index in [9.17, 15) is 8.78 Å². The minimum absolute atomic E-state index is 0.211. The molecule has 0 aliphatic carbocycles. The van der Waals surface area contributed by atoms with Gasteiger partial charge in [-0.1, -0.05) is 12.1 Å². The molecule has 2 N–H and O–H groups in total. The molecule has 27 heavy (non-hydrogen) atoms. The van der Waals surface area contributed by atoms with Gasteiger partial charge in [-0.15, -0.1) is 11.3 Å². The fourth-order valence-corrected chi connectivity index (χ4v) is 3.91. The van der Waals surface area contributed by atoms with Crippen LogP contribution in [0.2, 0.25) is 0 Å². The molecule has 8 heteroatoms. The van der Waals surface area contributed by atoms with Gasteiger partial charge in [0.1, 0.15) is 11.3 Å². The molecule has 0 unspecified atom stereocenters. The molecule has 132 valence electrons. The molecule has 0 bridgehead atoms. The molecule has 2 aromatic carbocycles. The summed E-state index contributed by atoms with van der Waals surface area (Å²) in [4.78, 5) is 12.7. The molecule has 0 aliphatic rings. The number of hydrogen-bond acceptors (Lipinski definition) is 5. The van der Waals surface area contributed by atoms with Crippen LogP contribution >= 0.6 is 11.3 Å². The van der Waals surface area contributed by atoms with Crippen LogP contribution in [-0.2, 0) is 0 Å². The highest BCUT2D eigenvalue weighted by atomic mass is 32.1. The van der Waals surface area contributed by atoms with Crippen molar-refractivity contribution in [1.29, 1.82) is 0 Å². The highest BCUT2D eigenvalue weighted by molar-refractivity contribution is 7.16. The molecule has 5 nitrogen and oxygen atoms in total. The molecule has 0 saturated carbocycles. The highest BCUT2D eigenvalue weighted by Crippen LogP contribution is 2.36. The molecule has 3 aromatic heterocycles. The Morgan fingerprint density at radius 1 is 1.04 bits per heavy atom. The van der Waals surface area contributed by atoms with Crippen molar-refractivity contribution in [2.24, 2.45) is 0 Å². The number of imidazole rings is 1. The Morgan fingerprint density at radius 3 is 2.78 bits per heavy atom. The number of anilines is 1. The lowest BCUT2D eigenvalue weighted by molar-refractivity contribution is 0.628. The van der Waals surface area contributed by atoms with Crippen molar-refractivity contribution >= 4 is 33.0 Å². The number of rotatable bonds is 2. The first kappa shape index (κ1) is 15.8. The molecule has 0 saturated heterocycles. The number of hydrogen-bond donors (Lipinski definition) is 1. The fraction of sp³-hybridized carbons (Fsp3) is 0. The number of fused-ring (bicyclic) bond motifs is 2. The number of thiazole rings is 1.